The van der Waals surface area contributed by atoms with Crippen LogP contribution in [0.15, 0.2) is 47.6 Å². The molecule has 0 aliphatic carbocycles. The van der Waals surface area contributed by atoms with Crippen molar-refractivity contribution >= 4 is 29.0 Å². The molecular weight excluding hydrogens is 351 g/mol. The summed E-state index contributed by atoms with van der Waals surface area (Å²) in [5, 5.41) is 3.63. The van der Waals surface area contributed by atoms with Gasteiger partial charge in [-0.1, -0.05) is 11.8 Å². The summed E-state index contributed by atoms with van der Waals surface area (Å²) in [6, 6.07) is 8.77. The van der Waals surface area contributed by atoms with Gasteiger partial charge in [0.1, 0.15) is 5.03 Å². The predicted molar refractivity (Wildman–Crippen MR) is 91.0 cm³/mol. The number of thioether (sulfide) groups is 1. The molecule has 1 aliphatic rings. The van der Waals surface area contributed by atoms with E-state index >= 15 is 0 Å². The van der Waals surface area contributed by atoms with Crippen molar-refractivity contribution in [2.24, 2.45) is 0 Å². The lowest BCUT2D eigenvalue weighted by atomic mass is 10.1. The van der Waals surface area contributed by atoms with Crippen LogP contribution in [0.25, 0.3) is 0 Å². The number of aromatic nitrogens is 1. The van der Waals surface area contributed by atoms with Gasteiger partial charge in [0.15, 0.2) is 0 Å². The van der Waals surface area contributed by atoms with E-state index in [9.17, 15) is 18.0 Å². The van der Waals surface area contributed by atoms with E-state index in [-0.39, 0.29) is 11.2 Å². The van der Waals surface area contributed by atoms with Crippen LogP contribution in [0.2, 0.25) is 0 Å². The first-order valence-corrected chi connectivity index (χ1v) is 8.53. The molecule has 25 heavy (non-hydrogen) atoms. The number of benzene rings is 1. The van der Waals surface area contributed by atoms with Crippen molar-refractivity contribution in [2.75, 3.05) is 18.0 Å². The molecule has 0 saturated heterocycles. The lowest BCUT2D eigenvalue weighted by Crippen LogP contribution is -2.38. The summed E-state index contributed by atoms with van der Waals surface area (Å²) >= 11 is 1.56. The first-order chi connectivity index (χ1) is 11.8. The number of halogens is 3. The Hall–Kier alpha value is -2.22. The zero-order chi connectivity index (χ0) is 18.0. The van der Waals surface area contributed by atoms with E-state index in [2.05, 4.69) is 10.3 Å². The second-order valence-electron chi connectivity index (χ2n) is 5.66. The van der Waals surface area contributed by atoms with E-state index in [1.165, 1.54) is 19.1 Å². The lowest BCUT2D eigenvalue weighted by Gasteiger charge is -2.35. The summed E-state index contributed by atoms with van der Waals surface area (Å²) in [5.74, 6) is -0.117. The highest BCUT2D eigenvalue weighted by atomic mass is 32.2. The maximum atomic E-state index is 12.8. The molecule has 1 aromatic carbocycles. The fourth-order valence-corrected chi connectivity index (χ4v) is 3.74. The molecule has 0 spiro atoms. The van der Waals surface area contributed by atoms with Crippen LogP contribution in [-0.4, -0.2) is 29.2 Å². The number of rotatable bonds is 3. The molecule has 0 radical (unpaired) electrons. The lowest BCUT2D eigenvalue weighted by molar-refractivity contribution is -0.137. The largest absolute Gasteiger partial charge is 0.416 e. The van der Waals surface area contributed by atoms with E-state index < -0.39 is 11.7 Å². The van der Waals surface area contributed by atoms with Crippen LogP contribution in [0, 0.1) is 0 Å². The first kappa shape index (κ1) is 17.6. The van der Waals surface area contributed by atoms with Crippen LogP contribution in [-0.2, 0) is 11.0 Å². The van der Waals surface area contributed by atoms with Crippen LogP contribution in [0.1, 0.15) is 12.5 Å². The van der Waals surface area contributed by atoms with Gasteiger partial charge < -0.3 is 10.2 Å². The number of hydrogen-bond acceptors (Lipinski definition) is 4. The Labute approximate surface area is 147 Å². The molecule has 1 amide bonds. The Morgan fingerprint density at radius 1 is 1.32 bits per heavy atom. The number of fused-ring (bicyclic) bond motifs is 1. The van der Waals surface area contributed by atoms with Gasteiger partial charge in [-0.15, -0.1) is 0 Å². The van der Waals surface area contributed by atoms with E-state index in [0.29, 0.717) is 18.8 Å². The number of carbonyl (C=O) groups is 1. The summed E-state index contributed by atoms with van der Waals surface area (Å²) in [4.78, 5) is 17.5. The third kappa shape index (κ3) is 4.07. The van der Waals surface area contributed by atoms with Crippen LogP contribution < -0.4 is 10.2 Å². The van der Waals surface area contributed by atoms with Crippen molar-refractivity contribution in [3.05, 3.63) is 48.2 Å². The number of amides is 1. The molecule has 1 N–H and O–H groups in total. The number of alkyl halides is 3. The minimum atomic E-state index is -4.36. The van der Waals surface area contributed by atoms with Gasteiger partial charge >= 0.3 is 6.18 Å². The normalized spacial score (nSPS) is 17.1. The third-order valence-corrected chi connectivity index (χ3v) is 4.98. The fraction of sp³-hybridized carbons (Fsp3) is 0.294. The van der Waals surface area contributed by atoms with Gasteiger partial charge in [0.2, 0.25) is 5.91 Å². The van der Waals surface area contributed by atoms with Gasteiger partial charge in [0.05, 0.1) is 11.3 Å². The van der Waals surface area contributed by atoms with E-state index in [1.807, 2.05) is 11.0 Å². The molecule has 0 saturated carbocycles. The van der Waals surface area contributed by atoms with Gasteiger partial charge in [-0.25, -0.2) is 4.98 Å². The van der Waals surface area contributed by atoms with Crippen molar-refractivity contribution in [3.63, 3.8) is 0 Å². The highest BCUT2D eigenvalue weighted by Gasteiger charge is 2.31. The summed E-state index contributed by atoms with van der Waals surface area (Å²) in [7, 11) is 0. The van der Waals surface area contributed by atoms with Gasteiger partial charge in [-0.3, -0.25) is 4.79 Å². The highest BCUT2D eigenvalue weighted by Crippen LogP contribution is 2.41. The van der Waals surface area contributed by atoms with E-state index in [0.717, 1.165) is 22.8 Å². The molecule has 1 aliphatic heterocycles. The molecule has 1 aromatic heterocycles. The SMILES string of the molecule is CC(=O)NCC1CN(c2ccc(C(F)(F)F)cc2)c2cccnc2S1. The molecule has 2 aromatic rings. The second kappa shape index (κ2) is 6.95. The predicted octanol–water partition coefficient (Wildman–Crippen LogP) is 3.85. The van der Waals surface area contributed by atoms with Gasteiger partial charge in [-0.05, 0) is 36.4 Å². The number of nitrogens with one attached hydrogen (secondary N) is 1. The number of nitrogens with zero attached hydrogens (tertiary/aromatic N) is 2. The van der Waals surface area contributed by atoms with Crippen LogP contribution in [0.5, 0.6) is 0 Å². The van der Waals surface area contributed by atoms with Crippen molar-refractivity contribution in [1.82, 2.24) is 10.3 Å². The number of anilines is 2. The Morgan fingerprint density at radius 2 is 2.04 bits per heavy atom. The Morgan fingerprint density at radius 3 is 2.68 bits per heavy atom. The molecule has 132 valence electrons. The molecule has 1 atom stereocenters. The summed E-state index contributed by atoms with van der Waals surface area (Å²) in [5.41, 5.74) is 0.838. The molecule has 1 unspecified atom stereocenters. The van der Waals surface area contributed by atoms with Crippen LogP contribution in [0.3, 0.4) is 0 Å². The van der Waals surface area contributed by atoms with E-state index in [4.69, 9.17) is 0 Å². The summed E-state index contributed by atoms with van der Waals surface area (Å²) in [6.07, 6.45) is -2.68. The molecule has 8 heteroatoms. The van der Waals surface area contributed by atoms with Gasteiger partial charge in [0, 0.05) is 37.1 Å². The summed E-state index contributed by atoms with van der Waals surface area (Å²) in [6.45, 7) is 2.48. The Bertz CT molecular complexity index is 764. The first-order valence-electron chi connectivity index (χ1n) is 7.65. The van der Waals surface area contributed by atoms with Gasteiger partial charge in [0.25, 0.3) is 0 Å². The molecule has 0 bridgehead atoms. The number of pyridine rings is 1. The Balaban J connectivity index is 1.89. The summed E-state index contributed by atoms with van der Waals surface area (Å²) < 4.78 is 38.3. The average molecular weight is 367 g/mol. The minimum Gasteiger partial charge on any atom is -0.355 e. The zero-order valence-electron chi connectivity index (χ0n) is 13.4. The third-order valence-electron chi connectivity index (χ3n) is 3.79. The molecule has 3 rings (SSSR count). The van der Waals surface area contributed by atoms with Crippen LogP contribution in [0.4, 0.5) is 24.5 Å². The smallest absolute Gasteiger partial charge is 0.355 e. The van der Waals surface area contributed by atoms with Crippen molar-refractivity contribution in [1.29, 1.82) is 0 Å². The molecular formula is C17H16F3N3OS. The fourth-order valence-electron chi connectivity index (χ4n) is 2.61. The number of carbonyl (C=O) groups excluding carboxylic acids is 1. The number of hydrogen-bond donors (Lipinski definition) is 1. The second-order valence-corrected chi connectivity index (χ2v) is 6.95. The van der Waals surface area contributed by atoms with Crippen molar-refractivity contribution in [3.8, 4) is 0 Å². The molecule has 0 fully saturated rings. The quantitative estimate of drug-likeness (QED) is 0.895. The van der Waals surface area contributed by atoms with Crippen molar-refractivity contribution in [2.45, 2.75) is 23.4 Å². The van der Waals surface area contributed by atoms with Crippen LogP contribution >= 0.6 is 11.8 Å². The molecule has 2 heterocycles. The highest BCUT2D eigenvalue weighted by molar-refractivity contribution is 8.00. The zero-order valence-corrected chi connectivity index (χ0v) is 14.2. The monoisotopic (exact) mass is 367 g/mol. The van der Waals surface area contributed by atoms with Gasteiger partial charge in [-0.2, -0.15) is 13.2 Å². The van der Waals surface area contributed by atoms with Crippen molar-refractivity contribution < 1.29 is 18.0 Å². The minimum absolute atomic E-state index is 0.0496. The maximum Gasteiger partial charge on any atom is 0.416 e. The topological polar surface area (TPSA) is 45.2 Å². The standard InChI is InChI=1S/C17H16F3N3OS/c1-11(24)22-9-14-10-23(15-3-2-8-21-16(15)25-14)13-6-4-12(5-7-13)17(18,19)20/h2-8,14H,9-10H2,1H3,(H,22,24). The Kier molecular flexibility index (Phi) is 4.89. The van der Waals surface area contributed by atoms with E-state index in [1.54, 1.807) is 24.0 Å². The molecule has 4 nitrogen and oxygen atoms in total. The average Bonchev–Trinajstić information content (AvgIpc) is 2.58. The maximum absolute atomic E-state index is 12.8.